The summed E-state index contributed by atoms with van der Waals surface area (Å²) in [5.41, 5.74) is 8.82. The maximum absolute atomic E-state index is 12.4. The summed E-state index contributed by atoms with van der Waals surface area (Å²) < 4.78 is 1.93. The van der Waals surface area contributed by atoms with E-state index in [1.807, 2.05) is 40.8 Å². The molecule has 1 unspecified atom stereocenters. The molecule has 6 rings (SSSR count). The maximum Gasteiger partial charge on any atom is 0.388 e. The van der Waals surface area contributed by atoms with Crippen LogP contribution in [0, 0.1) is 0 Å². The molecule has 0 bridgehead atoms. The highest BCUT2D eigenvalue weighted by molar-refractivity contribution is 7.13. The zero-order valence-electron chi connectivity index (χ0n) is 20.7. The Labute approximate surface area is 219 Å². The summed E-state index contributed by atoms with van der Waals surface area (Å²) in [5.74, 6) is 1.62. The highest BCUT2D eigenvalue weighted by Crippen LogP contribution is 2.27. The first-order valence-corrected chi connectivity index (χ1v) is 13.8. The minimum Gasteiger partial charge on any atom is -0.367 e. The highest BCUT2D eigenvalue weighted by Gasteiger charge is 2.25. The van der Waals surface area contributed by atoms with E-state index in [9.17, 15) is 4.79 Å². The lowest BCUT2D eigenvalue weighted by Crippen LogP contribution is -2.40. The van der Waals surface area contributed by atoms with Crippen molar-refractivity contribution < 1.29 is 4.57 Å². The van der Waals surface area contributed by atoms with Gasteiger partial charge in [-0.05, 0) is 43.7 Å². The molecule has 2 saturated heterocycles. The third-order valence-corrected chi connectivity index (χ3v) is 8.16. The molecule has 4 N–H and O–H groups in total. The normalized spacial score (nSPS) is 19.4. The number of nitrogens with one attached hydrogen (secondary N) is 2. The SMILES string of the molecule is NC1CCN(c2cnc(-[n+]3c[nH]c(CN4CCCC(c5nc(-c6cccs6)cc(=O)[nH]5)C4)c3)nc2)CC1. The monoisotopic (exact) mass is 518 g/mol. The molecule has 6 heterocycles. The maximum atomic E-state index is 12.4. The Morgan fingerprint density at radius 1 is 1.16 bits per heavy atom. The molecule has 0 spiro atoms. The Morgan fingerprint density at radius 3 is 2.78 bits per heavy atom. The molecule has 2 fully saturated rings. The second-order valence-corrected chi connectivity index (χ2v) is 10.9. The number of anilines is 1. The van der Waals surface area contributed by atoms with Gasteiger partial charge in [0.15, 0.2) is 6.33 Å². The second-order valence-electron chi connectivity index (χ2n) is 9.97. The summed E-state index contributed by atoms with van der Waals surface area (Å²) in [6.07, 6.45) is 11.8. The van der Waals surface area contributed by atoms with Crippen LogP contribution in [0.1, 0.15) is 43.1 Å². The van der Waals surface area contributed by atoms with Crippen LogP contribution in [0.2, 0.25) is 0 Å². The van der Waals surface area contributed by atoms with Crippen molar-refractivity contribution in [3.8, 4) is 16.5 Å². The Balaban J connectivity index is 1.11. The van der Waals surface area contributed by atoms with Crippen molar-refractivity contribution in [2.75, 3.05) is 31.1 Å². The van der Waals surface area contributed by atoms with Crippen molar-refractivity contribution in [1.82, 2.24) is 29.8 Å². The standard InChI is InChI=1S/C26H31N9OS/c27-19-5-8-34(9-6-19)21-12-28-26(29-13-21)35-16-20(30-17-35)15-33-7-1-3-18(14-33)25-31-22(11-24(36)32-25)23-4-2-10-37-23/h2,4,10-13,16-19H,1,3,5-9,14-15,27H2,(H,31,32,36)/p+1. The third-order valence-electron chi connectivity index (χ3n) is 7.26. The highest BCUT2D eigenvalue weighted by atomic mass is 32.1. The smallest absolute Gasteiger partial charge is 0.367 e. The van der Waals surface area contributed by atoms with Crippen molar-refractivity contribution in [2.24, 2.45) is 5.73 Å². The van der Waals surface area contributed by atoms with Gasteiger partial charge < -0.3 is 15.6 Å². The number of imidazole rings is 1. The van der Waals surface area contributed by atoms with Crippen LogP contribution in [-0.4, -0.2) is 62.0 Å². The van der Waals surface area contributed by atoms with Crippen LogP contribution in [0.4, 0.5) is 5.69 Å². The van der Waals surface area contributed by atoms with E-state index in [1.54, 1.807) is 17.4 Å². The molecule has 2 aliphatic rings. The van der Waals surface area contributed by atoms with Gasteiger partial charge in [-0.15, -0.1) is 21.3 Å². The van der Waals surface area contributed by atoms with Gasteiger partial charge in [-0.1, -0.05) is 6.07 Å². The number of nitrogens with zero attached hydrogens (tertiary/aromatic N) is 6. The molecular weight excluding hydrogens is 486 g/mol. The molecule has 10 nitrogen and oxygen atoms in total. The minimum atomic E-state index is -0.0918. The van der Waals surface area contributed by atoms with E-state index in [-0.39, 0.29) is 11.5 Å². The minimum absolute atomic E-state index is 0.0918. The zero-order chi connectivity index (χ0) is 25.2. The van der Waals surface area contributed by atoms with Crippen molar-refractivity contribution >= 4 is 17.0 Å². The Kier molecular flexibility index (Phi) is 6.81. The number of hydrogen-bond donors (Lipinski definition) is 3. The van der Waals surface area contributed by atoms with Crippen molar-refractivity contribution in [3.05, 3.63) is 70.4 Å². The summed E-state index contributed by atoms with van der Waals surface area (Å²) in [6, 6.07) is 5.88. The Hall–Kier alpha value is -3.41. The molecule has 0 saturated carbocycles. The molecule has 37 heavy (non-hydrogen) atoms. The number of aromatic nitrogens is 6. The molecular formula is C26H32N9OS+. The van der Waals surface area contributed by atoms with E-state index < -0.39 is 0 Å². The lowest BCUT2D eigenvalue weighted by Gasteiger charge is -2.31. The number of thiophene rings is 1. The van der Waals surface area contributed by atoms with E-state index in [0.717, 1.165) is 86.2 Å². The topological polar surface area (TPSA) is 124 Å². The van der Waals surface area contributed by atoms with Crippen LogP contribution >= 0.6 is 11.3 Å². The zero-order valence-corrected chi connectivity index (χ0v) is 21.5. The van der Waals surface area contributed by atoms with Gasteiger partial charge >= 0.3 is 5.95 Å². The van der Waals surface area contributed by atoms with Gasteiger partial charge in [0.25, 0.3) is 5.56 Å². The van der Waals surface area contributed by atoms with Crippen LogP contribution in [0.3, 0.4) is 0 Å². The summed E-state index contributed by atoms with van der Waals surface area (Å²) in [4.78, 5) is 38.5. The quantitative estimate of drug-likeness (QED) is 0.334. The molecule has 11 heteroatoms. The molecule has 4 aromatic heterocycles. The number of likely N-dealkylation sites (tertiary alicyclic amines) is 1. The fraction of sp³-hybridized carbons (Fsp3) is 0.423. The number of H-pyrrole nitrogens is 2. The first-order chi connectivity index (χ1) is 18.1. The van der Waals surface area contributed by atoms with Crippen molar-refractivity contribution in [1.29, 1.82) is 0 Å². The van der Waals surface area contributed by atoms with Gasteiger partial charge in [-0.2, -0.15) is 4.57 Å². The number of piperidine rings is 2. The molecule has 0 aromatic carbocycles. The second kappa shape index (κ2) is 10.5. The summed E-state index contributed by atoms with van der Waals surface area (Å²) in [5, 5.41) is 2.01. The lowest BCUT2D eigenvalue weighted by atomic mass is 9.97. The van der Waals surface area contributed by atoms with E-state index in [2.05, 4.69) is 35.9 Å². The van der Waals surface area contributed by atoms with Gasteiger partial charge in [-0.3, -0.25) is 14.7 Å². The summed E-state index contributed by atoms with van der Waals surface area (Å²) >= 11 is 1.60. The van der Waals surface area contributed by atoms with Crippen molar-refractivity contribution in [2.45, 2.75) is 44.2 Å². The van der Waals surface area contributed by atoms with Gasteiger partial charge in [-0.25, -0.2) is 4.98 Å². The molecule has 4 aromatic rings. The third kappa shape index (κ3) is 5.48. The number of hydrogen-bond acceptors (Lipinski definition) is 8. The first kappa shape index (κ1) is 24.0. The average molecular weight is 519 g/mol. The van der Waals surface area contributed by atoms with Gasteiger partial charge in [0, 0.05) is 37.7 Å². The van der Waals surface area contributed by atoms with Crippen LogP contribution in [0.5, 0.6) is 0 Å². The predicted molar refractivity (Wildman–Crippen MR) is 143 cm³/mol. The Morgan fingerprint density at radius 2 is 2.00 bits per heavy atom. The van der Waals surface area contributed by atoms with Crippen LogP contribution in [-0.2, 0) is 6.54 Å². The fourth-order valence-corrected chi connectivity index (χ4v) is 5.94. The fourth-order valence-electron chi connectivity index (χ4n) is 5.25. The van der Waals surface area contributed by atoms with Gasteiger partial charge in [0.2, 0.25) is 0 Å². The summed E-state index contributed by atoms with van der Waals surface area (Å²) in [6.45, 7) is 4.54. The average Bonchev–Trinajstić information content (AvgIpc) is 3.62. The van der Waals surface area contributed by atoms with Gasteiger partial charge in [0.1, 0.15) is 23.9 Å². The summed E-state index contributed by atoms with van der Waals surface area (Å²) in [7, 11) is 0. The van der Waals surface area contributed by atoms with E-state index in [0.29, 0.717) is 12.0 Å². The number of rotatable bonds is 6. The van der Waals surface area contributed by atoms with E-state index in [1.165, 1.54) is 0 Å². The largest absolute Gasteiger partial charge is 0.388 e. The Bertz CT molecular complexity index is 1370. The van der Waals surface area contributed by atoms with E-state index in [4.69, 9.17) is 10.7 Å². The van der Waals surface area contributed by atoms with Crippen LogP contribution < -0.4 is 20.8 Å². The van der Waals surface area contributed by atoms with E-state index >= 15 is 0 Å². The lowest BCUT2D eigenvalue weighted by molar-refractivity contribution is -0.602. The molecule has 0 radical (unpaired) electrons. The number of nitrogens with two attached hydrogens (primary N) is 1. The molecule has 0 aliphatic carbocycles. The van der Waals surface area contributed by atoms with Crippen LogP contribution in [0.15, 0.2) is 53.3 Å². The number of aromatic amines is 2. The molecule has 2 aliphatic heterocycles. The first-order valence-electron chi connectivity index (χ1n) is 12.9. The molecule has 1 atom stereocenters. The predicted octanol–water partition coefficient (Wildman–Crippen LogP) is 2.20. The van der Waals surface area contributed by atoms with Crippen LogP contribution in [0.25, 0.3) is 16.5 Å². The van der Waals surface area contributed by atoms with Crippen molar-refractivity contribution in [3.63, 3.8) is 0 Å². The van der Waals surface area contributed by atoms with Gasteiger partial charge in [0.05, 0.1) is 29.0 Å². The molecule has 192 valence electrons. The molecule has 0 amide bonds.